The summed E-state index contributed by atoms with van der Waals surface area (Å²) in [5.74, 6) is 0.484. The van der Waals surface area contributed by atoms with E-state index >= 15 is 0 Å². The number of anilines is 1. The van der Waals surface area contributed by atoms with E-state index in [1.165, 1.54) is 0 Å². The molecular weight excluding hydrogens is 424 g/mol. The van der Waals surface area contributed by atoms with Crippen molar-refractivity contribution in [2.24, 2.45) is 0 Å². The topological polar surface area (TPSA) is 113 Å². The van der Waals surface area contributed by atoms with Crippen molar-refractivity contribution < 1.29 is 8.42 Å². The van der Waals surface area contributed by atoms with Gasteiger partial charge in [0.2, 0.25) is 16.0 Å². The number of aromatic amines is 1. The second-order valence-corrected chi connectivity index (χ2v) is 10.4. The van der Waals surface area contributed by atoms with Crippen molar-refractivity contribution in [1.82, 2.24) is 24.7 Å². The summed E-state index contributed by atoms with van der Waals surface area (Å²) >= 11 is 6.27. The smallest absolute Gasteiger partial charge is 0.224 e. The van der Waals surface area contributed by atoms with Crippen molar-refractivity contribution in [3.63, 3.8) is 0 Å². The van der Waals surface area contributed by atoms with Crippen LogP contribution in [-0.2, 0) is 10.0 Å². The Morgan fingerprint density at radius 1 is 1.07 bits per heavy atom. The number of nitrogens with zero attached hydrogens (tertiary/aromatic N) is 3. The summed E-state index contributed by atoms with van der Waals surface area (Å²) in [6.07, 6.45) is 8.47. The lowest BCUT2D eigenvalue weighted by molar-refractivity contribution is 0.386. The molecule has 0 saturated heterocycles. The molecule has 8 nitrogen and oxygen atoms in total. The third-order valence-corrected chi connectivity index (χ3v) is 7.98. The molecule has 2 fully saturated rings. The molecule has 0 amide bonds. The molecule has 10 heteroatoms. The Kier molecular flexibility index (Phi) is 5.12. The summed E-state index contributed by atoms with van der Waals surface area (Å²) < 4.78 is 27.2. The number of sulfonamides is 1. The first kappa shape index (κ1) is 19.7. The van der Waals surface area contributed by atoms with Crippen LogP contribution in [0.15, 0.2) is 30.6 Å². The second kappa shape index (κ2) is 7.79. The molecule has 0 atom stereocenters. The van der Waals surface area contributed by atoms with Crippen LogP contribution < -0.4 is 10.0 Å². The van der Waals surface area contributed by atoms with Crippen LogP contribution >= 0.6 is 11.6 Å². The van der Waals surface area contributed by atoms with Crippen molar-refractivity contribution >= 4 is 38.6 Å². The molecule has 0 aliphatic heterocycles. The molecule has 0 spiro atoms. The lowest BCUT2D eigenvalue weighted by Crippen LogP contribution is -2.41. The number of nitrogens with one attached hydrogen (secondary N) is 3. The highest BCUT2D eigenvalue weighted by Crippen LogP contribution is 2.31. The van der Waals surface area contributed by atoms with Gasteiger partial charge in [-0.2, -0.15) is 0 Å². The Labute approximate surface area is 179 Å². The largest absolute Gasteiger partial charge is 0.351 e. The fourth-order valence-corrected chi connectivity index (χ4v) is 5.87. The fourth-order valence-electron chi connectivity index (χ4n) is 4.03. The van der Waals surface area contributed by atoms with Gasteiger partial charge in [-0.05, 0) is 50.7 Å². The number of H-pyrrole nitrogens is 1. The molecule has 0 unspecified atom stereocenters. The van der Waals surface area contributed by atoms with Crippen LogP contribution in [0.2, 0.25) is 5.15 Å². The zero-order valence-electron chi connectivity index (χ0n) is 16.3. The predicted molar refractivity (Wildman–Crippen MR) is 117 cm³/mol. The SMILES string of the molecule is O=S(=O)(N[C@H]1CC[C@H](Nc2nc(Cl)cc(-c3c[nH]c4ncccc34)n2)CC1)C1CC1. The van der Waals surface area contributed by atoms with E-state index in [-0.39, 0.29) is 17.3 Å². The molecule has 2 saturated carbocycles. The van der Waals surface area contributed by atoms with Crippen LogP contribution in [0.25, 0.3) is 22.3 Å². The van der Waals surface area contributed by atoms with Gasteiger partial charge in [-0.15, -0.1) is 0 Å². The molecule has 5 rings (SSSR count). The summed E-state index contributed by atoms with van der Waals surface area (Å²) in [6, 6.07) is 5.82. The molecular formula is C20H23ClN6O2S. The van der Waals surface area contributed by atoms with E-state index < -0.39 is 10.0 Å². The summed E-state index contributed by atoms with van der Waals surface area (Å²) in [5, 5.41) is 4.55. The van der Waals surface area contributed by atoms with Gasteiger partial charge in [0.1, 0.15) is 10.8 Å². The van der Waals surface area contributed by atoms with Gasteiger partial charge >= 0.3 is 0 Å². The normalized spacial score (nSPS) is 22.3. The van der Waals surface area contributed by atoms with Gasteiger partial charge in [-0.3, -0.25) is 0 Å². The molecule has 3 aromatic heterocycles. The second-order valence-electron chi connectivity index (χ2n) is 8.06. The minimum atomic E-state index is -3.14. The van der Waals surface area contributed by atoms with Crippen LogP contribution in [0.3, 0.4) is 0 Å². The maximum absolute atomic E-state index is 12.1. The monoisotopic (exact) mass is 446 g/mol. The number of pyridine rings is 1. The van der Waals surface area contributed by atoms with Crippen molar-refractivity contribution in [3.8, 4) is 11.3 Å². The van der Waals surface area contributed by atoms with E-state index in [0.29, 0.717) is 11.1 Å². The molecule has 3 N–H and O–H groups in total. The van der Waals surface area contributed by atoms with E-state index in [1.54, 1.807) is 12.3 Å². The predicted octanol–water partition coefficient (Wildman–Crippen LogP) is 3.48. The summed E-state index contributed by atoms with van der Waals surface area (Å²) in [5.41, 5.74) is 2.44. The summed E-state index contributed by atoms with van der Waals surface area (Å²) in [4.78, 5) is 16.5. The van der Waals surface area contributed by atoms with Gasteiger partial charge in [-0.25, -0.2) is 28.1 Å². The Morgan fingerprint density at radius 3 is 2.60 bits per heavy atom. The van der Waals surface area contributed by atoms with Gasteiger partial charge in [-0.1, -0.05) is 11.6 Å². The third-order valence-electron chi connectivity index (χ3n) is 5.78. The van der Waals surface area contributed by atoms with Gasteiger partial charge in [0.25, 0.3) is 0 Å². The number of fused-ring (bicyclic) bond motifs is 1. The minimum absolute atomic E-state index is 0.0169. The first-order valence-electron chi connectivity index (χ1n) is 10.2. The minimum Gasteiger partial charge on any atom is -0.351 e. The van der Waals surface area contributed by atoms with Crippen LogP contribution in [0.5, 0.6) is 0 Å². The molecule has 0 radical (unpaired) electrons. The van der Waals surface area contributed by atoms with Crippen molar-refractivity contribution in [2.45, 2.75) is 55.9 Å². The number of hydrogen-bond acceptors (Lipinski definition) is 6. The van der Waals surface area contributed by atoms with Crippen LogP contribution in [0.1, 0.15) is 38.5 Å². The number of aromatic nitrogens is 4. The highest BCUT2D eigenvalue weighted by atomic mass is 35.5. The van der Waals surface area contributed by atoms with Crippen LogP contribution in [0, 0.1) is 0 Å². The van der Waals surface area contributed by atoms with Gasteiger partial charge in [0.15, 0.2) is 0 Å². The third kappa shape index (κ3) is 4.14. The Balaban J connectivity index is 1.27. The molecule has 3 aromatic rings. The maximum Gasteiger partial charge on any atom is 0.224 e. The molecule has 0 bridgehead atoms. The average molecular weight is 447 g/mol. The summed E-state index contributed by atoms with van der Waals surface area (Å²) in [6.45, 7) is 0. The highest BCUT2D eigenvalue weighted by molar-refractivity contribution is 7.90. The Bertz CT molecular complexity index is 1170. The van der Waals surface area contributed by atoms with E-state index in [9.17, 15) is 8.42 Å². The van der Waals surface area contributed by atoms with Crippen LogP contribution in [-0.4, -0.2) is 45.7 Å². The quantitative estimate of drug-likeness (QED) is 0.499. The lowest BCUT2D eigenvalue weighted by atomic mass is 9.92. The summed E-state index contributed by atoms with van der Waals surface area (Å²) in [7, 11) is -3.14. The number of halogens is 1. The molecule has 2 aliphatic rings. The fraction of sp³-hybridized carbons (Fsp3) is 0.450. The average Bonchev–Trinajstić information content (AvgIpc) is 3.49. The molecule has 3 heterocycles. The van der Waals surface area contributed by atoms with E-state index in [4.69, 9.17) is 11.6 Å². The standard InChI is InChI=1S/C20H23ClN6O2S/c21-18-10-17(16-11-23-19-15(16)2-1-9-22-19)25-20(26-18)24-12-3-5-13(6-4-12)27-30(28,29)14-7-8-14/h1-2,9-14,27H,3-8H2,(H,22,23)(H,24,25,26)/t12-,13-. The lowest BCUT2D eigenvalue weighted by Gasteiger charge is -2.29. The number of rotatable bonds is 6. The van der Waals surface area contributed by atoms with Crippen molar-refractivity contribution in [3.05, 3.63) is 35.7 Å². The highest BCUT2D eigenvalue weighted by Gasteiger charge is 2.37. The zero-order valence-corrected chi connectivity index (χ0v) is 17.9. The van der Waals surface area contributed by atoms with Gasteiger partial charge in [0.05, 0.1) is 10.9 Å². The van der Waals surface area contributed by atoms with E-state index in [2.05, 4.69) is 30.0 Å². The first-order valence-corrected chi connectivity index (χ1v) is 12.1. The van der Waals surface area contributed by atoms with E-state index in [0.717, 1.165) is 60.8 Å². The van der Waals surface area contributed by atoms with Crippen molar-refractivity contribution in [1.29, 1.82) is 0 Å². The van der Waals surface area contributed by atoms with Gasteiger partial charge in [0, 0.05) is 41.5 Å². The maximum atomic E-state index is 12.1. The Hall–Kier alpha value is -2.23. The molecule has 158 valence electrons. The van der Waals surface area contributed by atoms with Crippen LogP contribution in [0.4, 0.5) is 5.95 Å². The molecule has 0 aromatic carbocycles. The first-order chi connectivity index (χ1) is 14.5. The Morgan fingerprint density at radius 2 is 1.83 bits per heavy atom. The van der Waals surface area contributed by atoms with E-state index in [1.807, 2.05) is 18.3 Å². The molecule has 30 heavy (non-hydrogen) atoms. The zero-order chi connectivity index (χ0) is 20.7. The van der Waals surface area contributed by atoms with Crippen molar-refractivity contribution in [2.75, 3.05) is 5.32 Å². The molecule has 2 aliphatic carbocycles. The van der Waals surface area contributed by atoms with Gasteiger partial charge < -0.3 is 10.3 Å². The number of hydrogen-bond donors (Lipinski definition) is 3.